The van der Waals surface area contributed by atoms with E-state index in [1.807, 2.05) is 0 Å². The lowest BCUT2D eigenvalue weighted by atomic mass is 10.1. The first-order valence-corrected chi connectivity index (χ1v) is 11.5. The number of nitrogens with one attached hydrogen (secondary N) is 2. The van der Waals surface area contributed by atoms with Gasteiger partial charge in [0.1, 0.15) is 6.54 Å². The number of nitrogens with zero attached hydrogens (tertiary/aromatic N) is 3. The SMILES string of the molecule is CN(C)C(=O)CN=C(NCCc1cccs1)NCC(c1ccccc1)N1CCCC1. The van der Waals surface area contributed by atoms with Crippen LogP contribution in [0.15, 0.2) is 52.8 Å². The maximum Gasteiger partial charge on any atom is 0.243 e. The molecule has 0 spiro atoms. The molecule has 0 radical (unpaired) electrons. The van der Waals surface area contributed by atoms with Crippen LogP contribution in [0.1, 0.15) is 29.3 Å². The maximum atomic E-state index is 12.0. The highest BCUT2D eigenvalue weighted by molar-refractivity contribution is 7.09. The largest absolute Gasteiger partial charge is 0.356 e. The summed E-state index contributed by atoms with van der Waals surface area (Å²) in [5.41, 5.74) is 1.31. The van der Waals surface area contributed by atoms with Crippen LogP contribution in [-0.2, 0) is 11.2 Å². The number of benzene rings is 1. The lowest BCUT2D eigenvalue weighted by Gasteiger charge is -2.29. The fourth-order valence-electron chi connectivity index (χ4n) is 3.60. The Labute approximate surface area is 184 Å². The molecule has 3 rings (SSSR count). The lowest BCUT2D eigenvalue weighted by Crippen LogP contribution is -2.43. The summed E-state index contributed by atoms with van der Waals surface area (Å²) in [5, 5.41) is 9.00. The van der Waals surface area contributed by atoms with Gasteiger partial charge in [-0.05, 0) is 49.4 Å². The number of carbonyl (C=O) groups excluding carboxylic acids is 1. The fraction of sp³-hybridized carbons (Fsp3) is 0.478. The van der Waals surface area contributed by atoms with Gasteiger partial charge in [0, 0.05) is 32.1 Å². The van der Waals surface area contributed by atoms with Gasteiger partial charge in [0.25, 0.3) is 0 Å². The summed E-state index contributed by atoms with van der Waals surface area (Å²) in [4.78, 5) is 22.0. The van der Waals surface area contributed by atoms with Crippen LogP contribution in [0.2, 0.25) is 0 Å². The van der Waals surface area contributed by atoms with Gasteiger partial charge in [-0.2, -0.15) is 0 Å². The first-order chi connectivity index (χ1) is 14.6. The van der Waals surface area contributed by atoms with E-state index in [4.69, 9.17) is 0 Å². The van der Waals surface area contributed by atoms with Crippen LogP contribution in [0.5, 0.6) is 0 Å². The van der Waals surface area contributed by atoms with Crippen molar-refractivity contribution < 1.29 is 4.79 Å². The highest BCUT2D eigenvalue weighted by Gasteiger charge is 2.23. The second-order valence-corrected chi connectivity index (χ2v) is 8.79. The van der Waals surface area contributed by atoms with Crippen LogP contribution in [0.4, 0.5) is 0 Å². The van der Waals surface area contributed by atoms with Gasteiger partial charge in [-0.1, -0.05) is 36.4 Å². The van der Waals surface area contributed by atoms with Crippen LogP contribution in [0.3, 0.4) is 0 Å². The van der Waals surface area contributed by atoms with Crippen molar-refractivity contribution >= 4 is 23.2 Å². The highest BCUT2D eigenvalue weighted by Crippen LogP contribution is 2.24. The number of likely N-dealkylation sites (tertiary alicyclic amines) is 1. The minimum atomic E-state index is -0.00601. The third-order valence-electron chi connectivity index (χ3n) is 5.34. The summed E-state index contributed by atoms with van der Waals surface area (Å²) < 4.78 is 0. The summed E-state index contributed by atoms with van der Waals surface area (Å²) in [6.07, 6.45) is 3.44. The van der Waals surface area contributed by atoms with Crippen LogP contribution < -0.4 is 10.6 Å². The Kier molecular flexibility index (Phi) is 8.71. The zero-order chi connectivity index (χ0) is 21.2. The molecule has 7 heteroatoms. The molecule has 162 valence electrons. The Hall–Kier alpha value is -2.38. The van der Waals surface area contributed by atoms with Gasteiger partial charge in [0.15, 0.2) is 5.96 Å². The van der Waals surface area contributed by atoms with Gasteiger partial charge in [-0.15, -0.1) is 11.3 Å². The molecule has 1 aromatic heterocycles. The quantitative estimate of drug-likeness (QED) is 0.477. The van der Waals surface area contributed by atoms with E-state index in [9.17, 15) is 4.79 Å². The average Bonchev–Trinajstić information content (AvgIpc) is 3.46. The van der Waals surface area contributed by atoms with Gasteiger partial charge in [-0.3, -0.25) is 9.69 Å². The zero-order valence-electron chi connectivity index (χ0n) is 18.0. The van der Waals surface area contributed by atoms with Crippen molar-refractivity contribution in [3.63, 3.8) is 0 Å². The molecule has 1 aliphatic heterocycles. The predicted molar refractivity (Wildman–Crippen MR) is 125 cm³/mol. The third kappa shape index (κ3) is 6.85. The van der Waals surface area contributed by atoms with Crippen LogP contribution >= 0.6 is 11.3 Å². The number of aliphatic imine (C=N–C) groups is 1. The summed E-state index contributed by atoms with van der Waals surface area (Å²) in [5.74, 6) is 0.690. The Balaban J connectivity index is 1.64. The standard InChI is InChI=1S/C23H33N5OS/c1-27(2)22(29)18-26-23(24-13-12-20-11-8-16-30-20)25-17-21(28-14-6-7-15-28)19-9-4-3-5-10-19/h3-5,8-11,16,21H,6-7,12-15,17-18H2,1-2H3,(H2,24,25,26). The number of hydrogen-bond acceptors (Lipinski definition) is 4. The van der Waals surface area contributed by atoms with E-state index in [2.05, 4.69) is 68.4 Å². The first-order valence-electron chi connectivity index (χ1n) is 10.7. The third-order valence-corrected chi connectivity index (χ3v) is 6.28. The van der Waals surface area contributed by atoms with Crippen molar-refractivity contribution in [2.45, 2.75) is 25.3 Å². The molecule has 30 heavy (non-hydrogen) atoms. The van der Waals surface area contributed by atoms with Crippen molar-refractivity contribution in [1.29, 1.82) is 0 Å². The normalized spacial score (nSPS) is 15.7. The number of rotatable bonds is 9. The molecule has 0 bridgehead atoms. The molecule has 2 N–H and O–H groups in total. The Morgan fingerprint density at radius 2 is 1.90 bits per heavy atom. The molecular formula is C23H33N5OS. The Bertz CT molecular complexity index is 785. The molecule has 1 fully saturated rings. The zero-order valence-corrected chi connectivity index (χ0v) is 18.8. The van der Waals surface area contributed by atoms with E-state index in [0.29, 0.717) is 12.0 Å². The highest BCUT2D eigenvalue weighted by atomic mass is 32.1. The van der Waals surface area contributed by atoms with E-state index in [1.165, 1.54) is 23.3 Å². The summed E-state index contributed by atoms with van der Waals surface area (Å²) in [6.45, 7) is 3.92. The second-order valence-electron chi connectivity index (χ2n) is 7.76. The van der Waals surface area contributed by atoms with Crippen LogP contribution in [0.25, 0.3) is 0 Å². The van der Waals surface area contributed by atoms with Gasteiger partial charge in [-0.25, -0.2) is 4.99 Å². The number of amides is 1. The number of thiophene rings is 1. The van der Waals surface area contributed by atoms with Crippen molar-refractivity contribution in [1.82, 2.24) is 20.4 Å². The molecule has 2 heterocycles. The number of hydrogen-bond donors (Lipinski definition) is 2. The maximum absolute atomic E-state index is 12.0. The monoisotopic (exact) mass is 427 g/mol. The molecular weight excluding hydrogens is 394 g/mol. The molecule has 0 aliphatic carbocycles. The van der Waals surface area contributed by atoms with Crippen molar-refractivity contribution in [2.75, 3.05) is 46.8 Å². The van der Waals surface area contributed by atoms with Gasteiger partial charge in [0.05, 0.1) is 6.04 Å². The Morgan fingerprint density at radius 1 is 1.13 bits per heavy atom. The lowest BCUT2D eigenvalue weighted by molar-refractivity contribution is -0.127. The second kappa shape index (κ2) is 11.7. The van der Waals surface area contributed by atoms with Gasteiger partial charge in [0.2, 0.25) is 5.91 Å². The summed E-state index contributed by atoms with van der Waals surface area (Å²) in [7, 11) is 3.52. The summed E-state index contributed by atoms with van der Waals surface area (Å²) in [6, 6.07) is 15.2. The minimum absolute atomic E-state index is 0.00601. The molecule has 1 aromatic carbocycles. The van der Waals surface area contributed by atoms with E-state index >= 15 is 0 Å². The van der Waals surface area contributed by atoms with E-state index in [0.717, 1.165) is 32.6 Å². The Morgan fingerprint density at radius 3 is 2.57 bits per heavy atom. The number of guanidine groups is 1. The molecule has 1 unspecified atom stereocenters. The minimum Gasteiger partial charge on any atom is -0.356 e. The molecule has 1 atom stereocenters. The van der Waals surface area contributed by atoms with Crippen LogP contribution in [0, 0.1) is 0 Å². The predicted octanol–water partition coefficient (Wildman–Crippen LogP) is 2.75. The molecule has 6 nitrogen and oxygen atoms in total. The van der Waals surface area contributed by atoms with Crippen molar-refractivity contribution in [3.05, 3.63) is 58.3 Å². The van der Waals surface area contributed by atoms with Crippen molar-refractivity contribution in [2.24, 2.45) is 4.99 Å². The molecule has 1 aliphatic rings. The average molecular weight is 428 g/mol. The molecule has 0 saturated carbocycles. The van der Waals surface area contributed by atoms with E-state index in [1.54, 1.807) is 30.3 Å². The first kappa shape index (κ1) is 22.3. The summed E-state index contributed by atoms with van der Waals surface area (Å²) >= 11 is 1.76. The fourth-order valence-corrected chi connectivity index (χ4v) is 4.31. The van der Waals surface area contributed by atoms with Gasteiger partial charge >= 0.3 is 0 Å². The van der Waals surface area contributed by atoms with E-state index < -0.39 is 0 Å². The number of likely N-dealkylation sites (N-methyl/N-ethyl adjacent to an activating group) is 1. The molecule has 1 amide bonds. The molecule has 2 aromatic rings. The van der Waals surface area contributed by atoms with Crippen molar-refractivity contribution in [3.8, 4) is 0 Å². The smallest absolute Gasteiger partial charge is 0.243 e. The van der Waals surface area contributed by atoms with E-state index in [-0.39, 0.29) is 12.5 Å². The topological polar surface area (TPSA) is 60.0 Å². The number of carbonyl (C=O) groups is 1. The van der Waals surface area contributed by atoms with Crippen LogP contribution in [-0.4, -0.2) is 68.5 Å². The molecule has 1 saturated heterocycles. The van der Waals surface area contributed by atoms with Gasteiger partial charge < -0.3 is 15.5 Å².